The normalized spacial score (nSPS) is 16.3. The number of sulfonamides is 1. The highest BCUT2D eigenvalue weighted by molar-refractivity contribution is 7.89. The summed E-state index contributed by atoms with van der Waals surface area (Å²) in [5, 5.41) is 4.72. The molecule has 2 aromatic carbocycles. The summed E-state index contributed by atoms with van der Waals surface area (Å²) >= 11 is 0. The van der Waals surface area contributed by atoms with E-state index in [9.17, 15) is 13.2 Å². The highest BCUT2D eigenvalue weighted by Gasteiger charge is 2.30. The Kier molecular flexibility index (Phi) is 4.60. The number of benzene rings is 2. The highest BCUT2D eigenvalue weighted by Crippen LogP contribution is 2.32. The van der Waals surface area contributed by atoms with Crippen molar-refractivity contribution in [3.63, 3.8) is 0 Å². The van der Waals surface area contributed by atoms with Gasteiger partial charge in [0.2, 0.25) is 15.9 Å². The van der Waals surface area contributed by atoms with Gasteiger partial charge in [-0.05, 0) is 48.6 Å². The first-order valence-corrected chi connectivity index (χ1v) is 9.56. The van der Waals surface area contributed by atoms with Gasteiger partial charge in [0.1, 0.15) is 0 Å². The second-order valence-electron chi connectivity index (χ2n) is 6.46. The maximum atomic E-state index is 12.7. The fourth-order valence-electron chi connectivity index (χ4n) is 2.81. The molecule has 6 heteroatoms. The van der Waals surface area contributed by atoms with E-state index in [1.807, 2.05) is 31.2 Å². The molecule has 0 radical (unpaired) electrons. The Balaban J connectivity index is 1.73. The summed E-state index contributed by atoms with van der Waals surface area (Å²) in [7, 11) is -2.26. The molecule has 1 saturated carbocycles. The second-order valence-corrected chi connectivity index (χ2v) is 8.51. The first-order chi connectivity index (χ1) is 11.4. The molecule has 0 unspecified atom stereocenters. The van der Waals surface area contributed by atoms with Crippen LogP contribution in [0.4, 0.5) is 0 Å². The van der Waals surface area contributed by atoms with Crippen LogP contribution in [0.25, 0.3) is 10.8 Å². The molecule has 0 spiro atoms. The zero-order valence-electron chi connectivity index (χ0n) is 13.9. The van der Waals surface area contributed by atoms with Crippen molar-refractivity contribution in [2.24, 2.45) is 5.92 Å². The Bertz CT molecular complexity index is 859. The molecule has 0 saturated heterocycles. The topological polar surface area (TPSA) is 66.5 Å². The molecule has 0 aliphatic heterocycles. The maximum Gasteiger partial charge on any atom is 0.243 e. The van der Waals surface area contributed by atoms with Crippen molar-refractivity contribution in [1.82, 2.24) is 9.62 Å². The summed E-state index contributed by atoms with van der Waals surface area (Å²) in [6.07, 6.45) is 2.26. The molecule has 1 N–H and O–H groups in total. The molecule has 0 bridgehead atoms. The monoisotopic (exact) mass is 346 g/mol. The van der Waals surface area contributed by atoms with Crippen LogP contribution in [-0.4, -0.2) is 38.3 Å². The molecule has 1 amide bonds. The summed E-state index contributed by atoms with van der Waals surface area (Å²) in [6.45, 7) is 1.79. The van der Waals surface area contributed by atoms with E-state index < -0.39 is 10.0 Å². The van der Waals surface area contributed by atoms with Crippen LogP contribution in [0.15, 0.2) is 47.4 Å². The molecule has 1 aliphatic rings. The predicted octanol–water partition coefficient (Wildman–Crippen LogP) is 2.38. The van der Waals surface area contributed by atoms with Gasteiger partial charge >= 0.3 is 0 Å². The highest BCUT2D eigenvalue weighted by atomic mass is 32.2. The van der Waals surface area contributed by atoms with Crippen LogP contribution in [0.1, 0.15) is 19.8 Å². The number of nitrogens with zero attached hydrogens (tertiary/aromatic N) is 1. The molecule has 0 aromatic heterocycles. The van der Waals surface area contributed by atoms with Crippen molar-refractivity contribution >= 4 is 26.7 Å². The van der Waals surface area contributed by atoms with E-state index in [0.29, 0.717) is 5.92 Å². The van der Waals surface area contributed by atoms with Gasteiger partial charge in [-0.1, -0.05) is 30.3 Å². The van der Waals surface area contributed by atoms with Crippen LogP contribution in [0, 0.1) is 5.92 Å². The Labute approximate surface area is 142 Å². The van der Waals surface area contributed by atoms with Crippen LogP contribution < -0.4 is 5.32 Å². The third-order valence-electron chi connectivity index (χ3n) is 4.51. The number of rotatable bonds is 6. The van der Waals surface area contributed by atoms with E-state index in [2.05, 4.69) is 5.32 Å². The molecule has 1 fully saturated rings. The lowest BCUT2D eigenvalue weighted by atomic mass is 10.1. The zero-order valence-corrected chi connectivity index (χ0v) is 14.7. The second kappa shape index (κ2) is 6.53. The van der Waals surface area contributed by atoms with Gasteiger partial charge in [-0.2, -0.15) is 4.31 Å². The van der Waals surface area contributed by atoms with Crippen molar-refractivity contribution in [3.8, 4) is 0 Å². The third kappa shape index (κ3) is 3.60. The van der Waals surface area contributed by atoms with Crippen LogP contribution >= 0.6 is 0 Å². The minimum Gasteiger partial charge on any atom is -0.352 e. The minimum absolute atomic E-state index is 0.106. The zero-order chi connectivity index (χ0) is 17.3. The van der Waals surface area contributed by atoms with Crippen LogP contribution in [0.5, 0.6) is 0 Å². The van der Waals surface area contributed by atoms with Gasteiger partial charge in [-0.15, -0.1) is 0 Å². The van der Waals surface area contributed by atoms with Crippen LogP contribution in [-0.2, 0) is 14.8 Å². The number of fused-ring (bicyclic) bond motifs is 1. The van der Waals surface area contributed by atoms with Crippen LogP contribution in [0.3, 0.4) is 0 Å². The molecule has 128 valence electrons. The van der Waals surface area contributed by atoms with Gasteiger partial charge in [0, 0.05) is 13.1 Å². The molecule has 2 aromatic rings. The summed E-state index contributed by atoms with van der Waals surface area (Å²) in [5.41, 5.74) is 0. The summed E-state index contributed by atoms with van der Waals surface area (Å²) in [4.78, 5) is 12.3. The van der Waals surface area contributed by atoms with E-state index in [1.54, 1.807) is 18.2 Å². The van der Waals surface area contributed by atoms with Crippen LogP contribution in [0.2, 0.25) is 0 Å². The van der Waals surface area contributed by atoms with E-state index in [1.165, 1.54) is 7.05 Å². The lowest BCUT2D eigenvalue weighted by Crippen LogP contribution is -2.42. The minimum atomic E-state index is -3.69. The average Bonchev–Trinajstić information content (AvgIpc) is 3.39. The Morgan fingerprint density at radius 3 is 2.54 bits per heavy atom. The third-order valence-corrected chi connectivity index (χ3v) is 6.31. The van der Waals surface area contributed by atoms with E-state index in [0.717, 1.165) is 27.9 Å². The number of likely N-dealkylation sites (N-methyl/N-ethyl adjacent to an activating group) is 1. The van der Waals surface area contributed by atoms with Gasteiger partial charge in [0.05, 0.1) is 11.4 Å². The van der Waals surface area contributed by atoms with Crippen molar-refractivity contribution in [2.75, 3.05) is 13.6 Å². The van der Waals surface area contributed by atoms with E-state index in [-0.39, 0.29) is 23.4 Å². The van der Waals surface area contributed by atoms with Crippen molar-refractivity contribution < 1.29 is 13.2 Å². The summed E-state index contributed by atoms with van der Waals surface area (Å²) < 4.78 is 26.5. The average molecular weight is 346 g/mol. The molecule has 1 aliphatic carbocycles. The predicted molar refractivity (Wildman–Crippen MR) is 94.1 cm³/mol. The van der Waals surface area contributed by atoms with Gasteiger partial charge in [0.15, 0.2) is 0 Å². The summed E-state index contributed by atoms with van der Waals surface area (Å²) in [5.74, 6) is 0.276. The maximum absolute atomic E-state index is 12.7. The Morgan fingerprint density at radius 1 is 1.21 bits per heavy atom. The van der Waals surface area contributed by atoms with Gasteiger partial charge in [-0.25, -0.2) is 8.42 Å². The smallest absolute Gasteiger partial charge is 0.243 e. The fourth-order valence-corrected chi connectivity index (χ4v) is 3.97. The van der Waals surface area contributed by atoms with Gasteiger partial charge in [0.25, 0.3) is 0 Å². The fraction of sp³-hybridized carbons (Fsp3) is 0.389. The quantitative estimate of drug-likeness (QED) is 0.873. The number of nitrogens with one attached hydrogen (secondary N) is 1. The molecule has 24 heavy (non-hydrogen) atoms. The van der Waals surface area contributed by atoms with Gasteiger partial charge in [-0.3, -0.25) is 4.79 Å². The lowest BCUT2D eigenvalue weighted by molar-refractivity contribution is -0.121. The number of hydrogen-bond donors (Lipinski definition) is 1. The Morgan fingerprint density at radius 2 is 1.88 bits per heavy atom. The van der Waals surface area contributed by atoms with E-state index >= 15 is 0 Å². The molecule has 0 heterocycles. The molecular weight excluding hydrogens is 324 g/mol. The lowest BCUT2D eigenvalue weighted by Gasteiger charge is -2.19. The van der Waals surface area contributed by atoms with E-state index in [4.69, 9.17) is 0 Å². The standard InChI is InChI=1S/C18H22N2O3S/c1-13(14-7-8-14)19-18(21)12-20(2)24(22,23)17-10-9-15-5-3-4-6-16(15)11-17/h3-6,9-11,13-14H,7-8,12H2,1-2H3,(H,19,21)/t13-/m1/s1. The van der Waals surface area contributed by atoms with Gasteiger partial charge < -0.3 is 5.32 Å². The van der Waals surface area contributed by atoms with Crippen molar-refractivity contribution in [1.29, 1.82) is 0 Å². The number of carbonyl (C=O) groups excluding carboxylic acids is 1. The number of carbonyl (C=O) groups is 1. The SMILES string of the molecule is C[C@@H](NC(=O)CN(C)S(=O)(=O)c1ccc2ccccc2c1)C1CC1. The first-order valence-electron chi connectivity index (χ1n) is 8.12. The van der Waals surface area contributed by atoms with Crippen molar-refractivity contribution in [2.45, 2.75) is 30.7 Å². The van der Waals surface area contributed by atoms with Crippen molar-refractivity contribution in [3.05, 3.63) is 42.5 Å². The Hall–Kier alpha value is -1.92. The molecule has 3 rings (SSSR count). The summed E-state index contributed by atoms with van der Waals surface area (Å²) in [6, 6.07) is 12.7. The molecular formula is C18H22N2O3S. The molecule has 5 nitrogen and oxygen atoms in total. The molecule has 1 atom stereocenters. The number of amides is 1. The first kappa shape index (κ1) is 16.9. The number of hydrogen-bond acceptors (Lipinski definition) is 3. The largest absolute Gasteiger partial charge is 0.352 e.